The summed E-state index contributed by atoms with van der Waals surface area (Å²) in [5.41, 5.74) is 5.69. The molecular formula is C22H25N3O5. The van der Waals surface area contributed by atoms with Crippen molar-refractivity contribution in [1.82, 2.24) is 16.2 Å². The van der Waals surface area contributed by atoms with Crippen LogP contribution < -0.4 is 25.6 Å². The Morgan fingerprint density at radius 1 is 0.933 bits per heavy atom. The van der Waals surface area contributed by atoms with E-state index in [2.05, 4.69) is 16.2 Å². The Hall–Kier alpha value is -3.55. The van der Waals surface area contributed by atoms with Gasteiger partial charge < -0.3 is 14.8 Å². The van der Waals surface area contributed by atoms with Crippen LogP contribution in [0.2, 0.25) is 0 Å². The molecule has 1 aliphatic rings. The largest absolute Gasteiger partial charge is 0.486 e. The van der Waals surface area contributed by atoms with Crippen molar-refractivity contribution < 1.29 is 23.9 Å². The number of amides is 3. The highest BCUT2D eigenvalue weighted by molar-refractivity contribution is 5.97. The van der Waals surface area contributed by atoms with E-state index in [1.54, 1.807) is 42.5 Å². The first-order valence-electron chi connectivity index (χ1n) is 9.78. The highest BCUT2D eigenvalue weighted by Crippen LogP contribution is 2.30. The average molecular weight is 411 g/mol. The molecule has 1 atom stereocenters. The Morgan fingerprint density at radius 3 is 2.33 bits per heavy atom. The third-order valence-electron chi connectivity index (χ3n) is 4.40. The minimum Gasteiger partial charge on any atom is -0.486 e. The van der Waals surface area contributed by atoms with Crippen molar-refractivity contribution in [3.05, 3.63) is 59.7 Å². The van der Waals surface area contributed by atoms with Gasteiger partial charge in [-0.2, -0.15) is 0 Å². The lowest BCUT2D eigenvalue weighted by Gasteiger charge is -2.20. The minimum atomic E-state index is -0.932. The van der Waals surface area contributed by atoms with Crippen LogP contribution in [0.5, 0.6) is 11.5 Å². The van der Waals surface area contributed by atoms with Crippen LogP contribution in [0.4, 0.5) is 0 Å². The zero-order chi connectivity index (χ0) is 21.5. The van der Waals surface area contributed by atoms with Crippen molar-refractivity contribution in [2.24, 2.45) is 5.92 Å². The number of hydrogen-bond donors (Lipinski definition) is 3. The van der Waals surface area contributed by atoms with Gasteiger partial charge >= 0.3 is 0 Å². The second kappa shape index (κ2) is 9.78. The lowest BCUT2D eigenvalue weighted by atomic mass is 10.0. The molecule has 2 aromatic rings. The lowest BCUT2D eigenvalue weighted by Crippen LogP contribution is -2.48. The Bertz CT molecular complexity index is 914. The number of carbonyl (C=O) groups excluding carboxylic acids is 3. The van der Waals surface area contributed by atoms with Crippen molar-refractivity contribution in [3.8, 4) is 11.5 Å². The van der Waals surface area contributed by atoms with Crippen molar-refractivity contribution >= 4 is 17.7 Å². The topological polar surface area (TPSA) is 106 Å². The summed E-state index contributed by atoms with van der Waals surface area (Å²) in [5, 5.41) is 2.73. The normalized spacial score (nSPS) is 13.3. The maximum atomic E-state index is 12.7. The van der Waals surface area contributed by atoms with Crippen molar-refractivity contribution in [1.29, 1.82) is 0 Å². The quantitative estimate of drug-likeness (QED) is 0.632. The molecule has 1 heterocycles. The molecule has 0 bridgehead atoms. The molecule has 0 aromatic heterocycles. The molecule has 0 radical (unpaired) electrons. The maximum absolute atomic E-state index is 12.7. The SMILES string of the molecule is CC(C)CC(=O)NC(C(=O)NNC(=O)c1ccc2c(c1)OCCO2)c1ccccc1. The Morgan fingerprint density at radius 2 is 1.63 bits per heavy atom. The molecule has 3 N–H and O–H groups in total. The fourth-order valence-corrected chi connectivity index (χ4v) is 2.98. The van der Waals surface area contributed by atoms with Crippen LogP contribution in [-0.4, -0.2) is 30.9 Å². The molecule has 158 valence electrons. The van der Waals surface area contributed by atoms with Gasteiger partial charge in [-0.25, -0.2) is 0 Å². The number of rotatable bonds is 6. The summed E-state index contributed by atoms with van der Waals surface area (Å²) in [5.74, 6) is -0.112. The number of benzene rings is 2. The Labute approximate surface area is 174 Å². The third-order valence-corrected chi connectivity index (χ3v) is 4.40. The Balaban J connectivity index is 1.66. The van der Waals surface area contributed by atoms with Gasteiger partial charge in [0.1, 0.15) is 19.3 Å². The van der Waals surface area contributed by atoms with Gasteiger partial charge in [-0.3, -0.25) is 25.2 Å². The van der Waals surface area contributed by atoms with Gasteiger partial charge in [0.05, 0.1) is 0 Å². The highest BCUT2D eigenvalue weighted by atomic mass is 16.6. The monoisotopic (exact) mass is 411 g/mol. The Kier molecular flexibility index (Phi) is 6.90. The van der Waals surface area contributed by atoms with E-state index < -0.39 is 17.9 Å². The summed E-state index contributed by atoms with van der Waals surface area (Å²) in [7, 11) is 0. The molecule has 0 fully saturated rings. The first kappa shape index (κ1) is 21.2. The van der Waals surface area contributed by atoms with Gasteiger partial charge in [-0.1, -0.05) is 44.2 Å². The van der Waals surface area contributed by atoms with Crippen molar-refractivity contribution in [2.75, 3.05) is 13.2 Å². The van der Waals surface area contributed by atoms with E-state index in [9.17, 15) is 14.4 Å². The average Bonchev–Trinajstić information content (AvgIpc) is 2.75. The fourth-order valence-electron chi connectivity index (χ4n) is 2.98. The number of fused-ring (bicyclic) bond motifs is 1. The standard InChI is InChI=1S/C22H25N3O5/c1-14(2)12-19(26)23-20(15-6-4-3-5-7-15)22(28)25-24-21(27)16-8-9-17-18(13-16)30-11-10-29-17/h3-9,13-14,20H,10-12H2,1-2H3,(H,23,26)(H,24,27)(H,25,28). The predicted molar refractivity (Wildman–Crippen MR) is 110 cm³/mol. The molecule has 0 saturated carbocycles. The summed E-state index contributed by atoms with van der Waals surface area (Å²) in [6.07, 6.45) is 0.292. The zero-order valence-corrected chi connectivity index (χ0v) is 16.9. The van der Waals surface area contributed by atoms with Crippen molar-refractivity contribution in [3.63, 3.8) is 0 Å². The third kappa shape index (κ3) is 5.50. The molecule has 8 heteroatoms. The predicted octanol–water partition coefficient (Wildman–Crippen LogP) is 2.12. The van der Waals surface area contributed by atoms with E-state index in [4.69, 9.17) is 9.47 Å². The minimum absolute atomic E-state index is 0.152. The molecule has 30 heavy (non-hydrogen) atoms. The smallest absolute Gasteiger partial charge is 0.269 e. The second-order valence-corrected chi connectivity index (χ2v) is 7.31. The summed E-state index contributed by atoms with van der Waals surface area (Å²) in [6, 6.07) is 12.7. The summed E-state index contributed by atoms with van der Waals surface area (Å²) in [4.78, 5) is 37.4. The number of carbonyl (C=O) groups is 3. The van der Waals surface area contributed by atoms with Crippen LogP contribution in [0.15, 0.2) is 48.5 Å². The van der Waals surface area contributed by atoms with E-state index in [0.717, 1.165) is 0 Å². The summed E-state index contributed by atoms with van der Waals surface area (Å²) < 4.78 is 10.9. The van der Waals surface area contributed by atoms with Gasteiger partial charge in [0.2, 0.25) is 5.91 Å². The number of hydrazine groups is 1. The van der Waals surface area contributed by atoms with Crippen molar-refractivity contribution in [2.45, 2.75) is 26.3 Å². The number of hydrogen-bond acceptors (Lipinski definition) is 5. The maximum Gasteiger partial charge on any atom is 0.269 e. The van der Waals surface area contributed by atoms with Crippen LogP contribution in [0.1, 0.15) is 42.2 Å². The van der Waals surface area contributed by atoms with Gasteiger partial charge in [0.15, 0.2) is 11.5 Å². The highest BCUT2D eigenvalue weighted by Gasteiger charge is 2.24. The van der Waals surface area contributed by atoms with Gasteiger partial charge in [-0.15, -0.1) is 0 Å². The van der Waals surface area contributed by atoms with Crippen LogP contribution in [-0.2, 0) is 9.59 Å². The summed E-state index contributed by atoms with van der Waals surface area (Å²) in [6.45, 7) is 4.71. The first-order valence-corrected chi connectivity index (χ1v) is 9.78. The van der Waals surface area contributed by atoms with Crippen LogP contribution in [0.25, 0.3) is 0 Å². The van der Waals surface area contributed by atoms with Gasteiger partial charge in [0.25, 0.3) is 11.8 Å². The van der Waals surface area contributed by atoms with E-state index in [0.29, 0.717) is 42.3 Å². The van der Waals surface area contributed by atoms with E-state index in [-0.39, 0.29) is 11.8 Å². The van der Waals surface area contributed by atoms with Gasteiger partial charge in [0, 0.05) is 12.0 Å². The molecule has 3 rings (SSSR count). The second-order valence-electron chi connectivity index (χ2n) is 7.31. The molecule has 1 unspecified atom stereocenters. The molecule has 8 nitrogen and oxygen atoms in total. The molecule has 0 saturated heterocycles. The first-order chi connectivity index (χ1) is 14.4. The molecule has 0 aliphatic carbocycles. The molecule has 2 aromatic carbocycles. The lowest BCUT2D eigenvalue weighted by molar-refractivity contribution is -0.130. The fraction of sp³-hybridized carbons (Fsp3) is 0.318. The van der Waals surface area contributed by atoms with Crippen LogP contribution in [0.3, 0.4) is 0 Å². The van der Waals surface area contributed by atoms with E-state index in [1.807, 2.05) is 19.9 Å². The van der Waals surface area contributed by atoms with E-state index in [1.165, 1.54) is 0 Å². The number of nitrogens with one attached hydrogen (secondary N) is 3. The molecule has 1 aliphatic heterocycles. The molecule has 0 spiro atoms. The van der Waals surface area contributed by atoms with Gasteiger partial charge in [-0.05, 0) is 29.7 Å². The zero-order valence-electron chi connectivity index (χ0n) is 16.9. The summed E-state index contributed by atoms with van der Waals surface area (Å²) >= 11 is 0. The van der Waals surface area contributed by atoms with Crippen LogP contribution >= 0.6 is 0 Å². The molecule has 3 amide bonds. The van der Waals surface area contributed by atoms with E-state index >= 15 is 0 Å². The molecular weight excluding hydrogens is 386 g/mol. The van der Waals surface area contributed by atoms with Crippen LogP contribution in [0, 0.1) is 5.92 Å². The number of ether oxygens (including phenoxy) is 2.